The van der Waals surface area contributed by atoms with Crippen LogP contribution in [0.5, 0.6) is 0 Å². The highest BCUT2D eigenvalue weighted by atomic mass is 16.6. The molecular formula is C22H20N4O4. The summed E-state index contributed by atoms with van der Waals surface area (Å²) >= 11 is 0. The number of hydrogen-bond donors (Lipinski definition) is 2. The van der Waals surface area contributed by atoms with Gasteiger partial charge in [0.2, 0.25) is 0 Å². The van der Waals surface area contributed by atoms with Crippen molar-refractivity contribution in [2.24, 2.45) is 0 Å². The van der Waals surface area contributed by atoms with Crippen molar-refractivity contribution in [3.63, 3.8) is 0 Å². The van der Waals surface area contributed by atoms with Crippen molar-refractivity contribution in [2.45, 2.75) is 12.5 Å². The van der Waals surface area contributed by atoms with Crippen LogP contribution in [0, 0.1) is 21.4 Å². The quantitative estimate of drug-likeness (QED) is 0.257. The zero-order chi connectivity index (χ0) is 21.5. The van der Waals surface area contributed by atoms with Gasteiger partial charge in [0.15, 0.2) is 0 Å². The van der Waals surface area contributed by atoms with Crippen LogP contribution >= 0.6 is 0 Å². The molecule has 30 heavy (non-hydrogen) atoms. The van der Waals surface area contributed by atoms with Crippen molar-refractivity contribution in [3.8, 4) is 6.07 Å². The fraction of sp³-hybridized carbons (Fsp3) is 0.182. The van der Waals surface area contributed by atoms with Gasteiger partial charge in [0.1, 0.15) is 6.04 Å². The molecule has 0 aliphatic heterocycles. The van der Waals surface area contributed by atoms with E-state index in [1.54, 1.807) is 18.2 Å². The van der Waals surface area contributed by atoms with Crippen LogP contribution in [-0.4, -0.2) is 35.6 Å². The number of benzene rings is 2. The molecule has 3 rings (SSSR count). The number of nitro benzene ring substituents is 1. The van der Waals surface area contributed by atoms with Crippen LogP contribution in [0.15, 0.2) is 60.3 Å². The number of carbonyl (C=O) groups excluding carboxylic acids is 1. The number of esters is 1. The lowest BCUT2D eigenvalue weighted by molar-refractivity contribution is -0.385. The van der Waals surface area contributed by atoms with Gasteiger partial charge >= 0.3 is 5.97 Å². The van der Waals surface area contributed by atoms with Crippen LogP contribution in [0.25, 0.3) is 17.0 Å². The molecule has 0 radical (unpaired) electrons. The topological polar surface area (TPSA) is 121 Å². The van der Waals surface area contributed by atoms with Crippen LogP contribution in [-0.2, 0) is 16.0 Å². The van der Waals surface area contributed by atoms with E-state index in [2.05, 4.69) is 10.3 Å². The number of fused-ring (bicyclic) bond motifs is 1. The lowest BCUT2D eigenvalue weighted by Gasteiger charge is -2.16. The number of para-hydroxylation sites is 2. The van der Waals surface area contributed by atoms with Gasteiger partial charge in [0.05, 0.1) is 23.7 Å². The number of nitro groups is 1. The van der Waals surface area contributed by atoms with Crippen molar-refractivity contribution in [1.82, 2.24) is 10.3 Å². The molecule has 0 saturated heterocycles. The summed E-state index contributed by atoms with van der Waals surface area (Å²) in [6.07, 6.45) is 3.66. The summed E-state index contributed by atoms with van der Waals surface area (Å²) in [5, 5.41) is 24.7. The number of hydrogen-bond acceptors (Lipinski definition) is 6. The van der Waals surface area contributed by atoms with Crippen LogP contribution in [0.3, 0.4) is 0 Å². The Morgan fingerprint density at radius 2 is 2.03 bits per heavy atom. The van der Waals surface area contributed by atoms with Gasteiger partial charge in [-0.2, -0.15) is 5.26 Å². The van der Waals surface area contributed by atoms with E-state index in [4.69, 9.17) is 4.74 Å². The normalized spacial score (nSPS) is 12.3. The summed E-state index contributed by atoms with van der Waals surface area (Å²) in [6.45, 7) is 0.0602. The number of nitrogens with zero attached hydrogens (tertiary/aromatic N) is 2. The molecule has 0 fully saturated rings. The van der Waals surface area contributed by atoms with E-state index in [0.717, 1.165) is 16.5 Å². The van der Waals surface area contributed by atoms with Crippen LogP contribution in [0.4, 0.5) is 5.69 Å². The largest absolute Gasteiger partial charge is 0.468 e. The van der Waals surface area contributed by atoms with Crippen molar-refractivity contribution < 1.29 is 14.5 Å². The number of aromatic nitrogens is 1. The molecule has 1 heterocycles. The van der Waals surface area contributed by atoms with Crippen LogP contribution < -0.4 is 5.32 Å². The highest BCUT2D eigenvalue weighted by Gasteiger charge is 2.21. The molecule has 0 spiro atoms. The number of aromatic amines is 1. The second-order valence-electron chi connectivity index (χ2n) is 6.62. The molecule has 0 aliphatic carbocycles. The maximum Gasteiger partial charge on any atom is 0.323 e. The van der Waals surface area contributed by atoms with Gasteiger partial charge in [0.25, 0.3) is 5.69 Å². The highest BCUT2D eigenvalue weighted by molar-refractivity contribution is 5.84. The summed E-state index contributed by atoms with van der Waals surface area (Å²) < 4.78 is 4.90. The second kappa shape index (κ2) is 9.49. The van der Waals surface area contributed by atoms with E-state index >= 15 is 0 Å². The monoisotopic (exact) mass is 404 g/mol. The second-order valence-corrected chi connectivity index (χ2v) is 6.62. The summed E-state index contributed by atoms with van der Waals surface area (Å²) in [4.78, 5) is 26.1. The molecule has 0 bridgehead atoms. The fourth-order valence-electron chi connectivity index (χ4n) is 3.22. The van der Waals surface area contributed by atoms with E-state index in [9.17, 15) is 20.2 Å². The van der Waals surface area contributed by atoms with E-state index in [1.165, 1.54) is 19.3 Å². The molecule has 0 amide bonds. The lowest BCUT2D eigenvalue weighted by Crippen LogP contribution is -2.40. The number of methoxy groups -OCH3 is 1. The SMILES string of the molecule is COC(=O)[C@H](Cc1c[nH]c2ccccc12)NC/C(C#N)=C/c1ccccc1[N+](=O)[O-]. The molecule has 3 aromatic rings. The minimum absolute atomic E-state index is 0.0602. The third kappa shape index (κ3) is 4.71. The van der Waals surface area contributed by atoms with Gasteiger partial charge in [-0.25, -0.2) is 0 Å². The number of nitrogens with one attached hydrogen (secondary N) is 2. The Morgan fingerprint density at radius 3 is 2.77 bits per heavy atom. The van der Waals surface area contributed by atoms with Gasteiger partial charge in [-0.1, -0.05) is 30.3 Å². The Hall–Kier alpha value is -3.96. The molecule has 1 aromatic heterocycles. The molecular weight excluding hydrogens is 384 g/mol. The van der Waals surface area contributed by atoms with Crippen molar-refractivity contribution >= 4 is 28.6 Å². The Balaban J connectivity index is 1.79. The molecule has 8 nitrogen and oxygen atoms in total. The predicted molar refractivity (Wildman–Crippen MR) is 112 cm³/mol. The van der Waals surface area contributed by atoms with Gasteiger partial charge in [-0.3, -0.25) is 20.2 Å². The van der Waals surface area contributed by atoms with E-state index in [-0.39, 0.29) is 17.8 Å². The first kappa shape index (κ1) is 20.8. The fourth-order valence-corrected chi connectivity index (χ4v) is 3.22. The molecule has 152 valence electrons. The molecule has 0 saturated carbocycles. The minimum Gasteiger partial charge on any atom is -0.468 e. The summed E-state index contributed by atoms with van der Waals surface area (Å²) in [7, 11) is 1.31. The molecule has 2 N–H and O–H groups in total. The van der Waals surface area contributed by atoms with Crippen LogP contribution in [0.1, 0.15) is 11.1 Å². The van der Waals surface area contributed by atoms with Crippen molar-refractivity contribution in [1.29, 1.82) is 5.26 Å². The zero-order valence-corrected chi connectivity index (χ0v) is 16.3. The van der Waals surface area contributed by atoms with Crippen molar-refractivity contribution in [2.75, 3.05) is 13.7 Å². The Morgan fingerprint density at radius 1 is 1.30 bits per heavy atom. The molecule has 2 aromatic carbocycles. The van der Waals surface area contributed by atoms with E-state index in [1.807, 2.05) is 36.5 Å². The Kier molecular flexibility index (Phi) is 6.57. The first-order valence-electron chi connectivity index (χ1n) is 9.23. The van der Waals surface area contributed by atoms with Crippen LogP contribution in [0.2, 0.25) is 0 Å². The van der Waals surface area contributed by atoms with E-state index in [0.29, 0.717) is 12.0 Å². The number of rotatable bonds is 8. The Bertz CT molecular complexity index is 1140. The number of ether oxygens (including phenoxy) is 1. The molecule has 0 unspecified atom stereocenters. The summed E-state index contributed by atoms with van der Waals surface area (Å²) in [6, 6.07) is 15.3. The predicted octanol–water partition coefficient (Wildman–Crippen LogP) is 3.36. The molecule has 1 atom stereocenters. The average molecular weight is 404 g/mol. The standard InChI is InChI=1S/C22H20N4O4/c1-30-22(27)20(11-17-14-25-19-8-4-3-7-18(17)19)24-13-15(12-23)10-16-6-2-5-9-21(16)26(28)29/h2-10,14,20,24-25H,11,13H2,1H3/b15-10+/t20-/m0/s1. The van der Waals surface area contributed by atoms with E-state index < -0.39 is 16.9 Å². The smallest absolute Gasteiger partial charge is 0.323 e. The molecule has 8 heteroatoms. The third-order valence-electron chi connectivity index (χ3n) is 4.73. The number of nitriles is 1. The first-order valence-corrected chi connectivity index (χ1v) is 9.23. The highest BCUT2D eigenvalue weighted by Crippen LogP contribution is 2.21. The average Bonchev–Trinajstić information content (AvgIpc) is 3.18. The lowest BCUT2D eigenvalue weighted by atomic mass is 10.0. The van der Waals surface area contributed by atoms with Crippen molar-refractivity contribution in [3.05, 3.63) is 81.5 Å². The summed E-state index contributed by atoms with van der Waals surface area (Å²) in [5.74, 6) is -0.455. The first-order chi connectivity index (χ1) is 14.5. The Labute approximate surface area is 172 Å². The summed E-state index contributed by atoms with van der Waals surface area (Å²) in [5.41, 5.74) is 2.40. The third-order valence-corrected chi connectivity index (χ3v) is 4.73. The molecule has 0 aliphatic rings. The number of carbonyl (C=O) groups is 1. The van der Waals surface area contributed by atoms with Gasteiger partial charge in [-0.05, 0) is 23.8 Å². The van der Waals surface area contributed by atoms with Gasteiger partial charge in [0, 0.05) is 41.7 Å². The number of H-pyrrole nitrogens is 1. The van der Waals surface area contributed by atoms with Gasteiger partial charge < -0.3 is 9.72 Å². The maximum absolute atomic E-state index is 12.3. The maximum atomic E-state index is 12.3. The minimum atomic E-state index is -0.684. The van der Waals surface area contributed by atoms with Gasteiger partial charge in [-0.15, -0.1) is 0 Å². The zero-order valence-electron chi connectivity index (χ0n) is 16.3.